The SMILES string of the molecule is CC(C)CNC(C)CCc1cccn1C. The maximum atomic E-state index is 3.55. The van der Waals surface area contributed by atoms with E-state index >= 15 is 0 Å². The Morgan fingerprint density at radius 1 is 1.33 bits per heavy atom. The molecular weight excluding hydrogens is 184 g/mol. The van der Waals surface area contributed by atoms with Gasteiger partial charge in [-0.15, -0.1) is 0 Å². The monoisotopic (exact) mass is 208 g/mol. The first-order valence-corrected chi connectivity index (χ1v) is 5.93. The van der Waals surface area contributed by atoms with E-state index in [0.29, 0.717) is 6.04 Å². The molecule has 0 radical (unpaired) electrons. The average molecular weight is 208 g/mol. The quantitative estimate of drug-likeness (QED) is 0.760. The van der Waals surface area contributed by atoms with E-state index in [1.807, 2.05) is 0 Å². The van der Waals surface area contributed by atoms with Crippen molar-refractivity contribution in [2.75, 3.05) is 6.54 Å². The maximum Gasteiger partial charge on any atom is 0.0172 e. The van der Waals surface area contributed by atoms with E-state index in [4.69, 9.17) is 0 Å². The van der Waals surface area contributed by atoms with Gasteiger partial charge in [0.05, 0.1) is 0 Å². The zero-order valence-electron chi connectivity index (χ0n) is 10.5. The number of hydrogen-bond donors (Lipinski definition) is 1. The van der Waals surface area contributed by atoms with Crippen molar-refractivity contribution in [2.24, 2.45) is 13.0 Å². The van der Waals surface area contributed by atoms with Gasteiger partial charge < -0.3 is 9.88 Å². The lowest BCUT2D eigenvalue weighted by atomic mass is 10.1. The number of rotatable bonds is 6. The molecule has 0 saturated carbocycles. The smallest absolute Gasteiger partial charge is 0.0172 e. The topological polar surface area (TPSA) is 17.0 Å². The van der Waals surface area contributed by atoms with Crippen LogP contribution in [0.3, 0.4) is 0 Å². The molecule has 0 bridgehead atoms. The summed E-state index contributed by atoms with van der Waals surface area (Å²) in [5.74, 6) is 0.738. The Labute approximate surface area is 93.7 Å². The first kappa shape index (κ1) is 12.3. The highest BCUT2D eigenvalue weighted by Gasteiger charge is 2.04. The van der Waals surface area contributed by atoms with Crippen LogP contribution in [0.4, 0.5) is 0 Å². The van der Waals surface area contributed by atoms with E-state index in [0.717, 1.165) is 18.9 Å². The summed E-state index contributed by atoms with van der Waals surface area (Å²) >= 11 is 0. The van der Waals surface area contributed by atoms with E-state index in [9.17, 15) is 0 Å². The molecule has 1 unspecified atom stereocenters. The molecule has 1 aromatic heterocycles. The molecule has 15 heavy (non-hydrogen) atoms. The molecule has 86 valence electrons. The third-order valence-corrected chi connectivity index (χ3v) is 2.76. The van der Waals surface area contributed by atoms with Gasteiger partial charge in [-0.3, -0.25) is 0 Å². The highest BCUT2D eigenvalue weighted by Crippen LogP contribution is 2.05. The Balaban J connectivity index is 2.22. The molecule has 0 aromatic carbocycles. The van der Waals surface area contributed by atoms with Gasteiger partial charge in [-0.25, -0.2) is 0 Å². The van der Waals surface area contributed by atoms with Crippen molar-refractivity contribution in [1.82, 2.24) is 9.88 Å². The minimum Gasteiger partial charge on any atom is -0.354 e. The fourth-order valence-electron chi connectivity index (χ4n) is 1.66. The lowest BCUT2D eigenvalue weighted by Gasteiger charge is -2.15. The molecule has 2 nitrogen and oxygen atoms in total. The summed E-state index contributed by atoms with van der Waals surface area (Å²) in [6, 6.07) is 4.93. The summed E-state index contributed by atoms with van der Waals surface area (Å²) in [6.07, 6.45) is 4.49. The van der Waals surface area contributed by atoms with Gasteiger partial charge in [0.15, 0.2) is 0 Å². The van der Waals surface area contributed by atoms with Crippen LogP contribution in [0.2, 0.25) is 0 Å². The Kier molecular flexibility index (Phi) is 4.89. The molecule has 0 spiro atoms. The first-order valence-electron chi connectivity index (χ1n) is 5.93. The Bertz CT molecular complexity index is 276. The summed E-state index contributed by atoms with van der Waals surface area (Å²) in [5, 5.41) is 3.55. The molecule has 1 aromatic rings. The highest BCUT2D eigenvalue weighted by atomic mass is 14.9. The normalized spacial score (nSPS) is 13.4. The van der Waals surface area contributed by atoms with E-state index in [2.05, 4.69) is 56.0 Å². The molecule has 0 aliphatic carbocycles. The molecule has 2 heteroatoms. The second-order valence-corrected chi connectivity index (χ2v) is 4.85. The molecule has 0 aliphatic rings. The van der Waals surface area contributed by atoms with Gasteiger partial charge in [-0.1, -0.05) is 13.8 Å². The van der Waals surface area contributed by atoms with Gasteiger partial charge in [0.25, 0.3) is 0 Å². The molecule has 1 atom stereocenters. The number of hydrogen-bond acceptors (Lipinski definition) is 1. The van der Waals surface area contributed by atoms with Gasteiger partial charge in [-0.05, 0) is 44.4 Å². The number of nitrogens with zero attached hydrogens (tertiary/aromatic N) is 1. The van der Waals surface area contributed by atoms with Crippen LogP contribution in [-0.4, -0.2) is 17.2 Å². The summed E-state index contributed by atoms with van der Waals surface area (Å²) in [6.45, 7) is 7.88. The van der Waals surface area contributed by atoms with E-state index in [-0.39, 0.29) is 0 Å². The van der Waals surface area contributed by atoms with Crippen LogP contribution in [0.25, 0.3) is 0 Å². The Hall–Kier alpha value is -0.760. The molecule has 0 amide bonds. The zero-order valence-corrected chi connectivity index (χ0v) is 10.5. The predicted molar refractivity (Wildman–Crippen MR) is 66.0 cm³/mol. The number of nitrogens with one attached hydrogen (secondary N) is 1. The summed E-state index contributed by atoms with van der Waals surface area (Å²) in [7, 11) is 2.11. The Morgan fingerprint density at radius 2 is 2.07 bits per heavy atom. The van der Waals surface area contributed by atoms with Crippen molar-refractivity contribution in [3.8, 4) is 0 Å². The lowest BCUT2D eigenvalue weighted by molar-refractivity contribution is 0.461. The molecular formula is C13H24N2. The molecule has 0 saturated heterocycles. The van der Waals surface area contributed by atoms with Crippen molar-refractivity contribution < 1.29 is 0 Å². The van der Waals surface area contributed by atoms with Crippen LogP contribution in [0.1, 0.15) is 32.9 Å². The third-order valence-electron chi connectivity index (χ3n) is 2.76. The van der Waals surface area contributed by atoms with Crippen LogP contribution in [0.15, 0.2) is 18.3 Å². The van der Waals surface area contributed by atoms with Crippen LogP contribution in [0.5, 0.6) is 0 Å². The fraction of sp³-hybridized carbons (Fsp3) is 0.692. The summed E-state index contributed by atoms with van der Waals surface area (Å²) < 4.78 is 2.20. The minimum atomic E-state index is 0.613. The van der Waals surface area contributed by atoms with Gasteiger partial charge in [-0.2, -0.15) is 0 Å². The maximum absolute atomic E-state index is 3.55. The van der Waals surface area contributed by atoms with E-state index in [1.54, 1.807) is 0 Å². The minimum absolute atomic E-state index is 0.613. The van der Waals surface area contributed by atoms with Gasteiger partial charge >= 0.3 is 0 Å². The lowest BCUT2D eigenvalue weighted by Crippen LogP contribution is -2.30. The van der Waals surface area contributed by atoms with Crippen LogP contribution < -0.4 is 5.32 Å². The van der Waals surface area contributed by atoms with Crippen molar-refractivity contribution in [2.45, 2.75) is 39.7 Å². The third kappa shape index (κ3) is 4.52. The van der Waals surface area contributed by atoms with Crippen molar-refractivity contribution in [1.29, 1.82) is 0 Å². The molecule has 1 N–H and O–H groups in total. The van der Waals surface area contributed by atoms with Gasteiger partial charge in [0, 0.05) is 25.0 Å². The molecule has 1 rings (SSSR count). The summed E-state index contributed by atoms with van der Waals surface area (Å²) in [5.41, 5.74) is 1.42. The van der Waals surface area contributed by atoms with Gasteiger partial charge in [0.1, 0.15) is 0 Å². The molecule has 0 fully saturated rings. The number of aromatic nitrogens is 1. The van der Waals surface area contributed by atoms with Crippen LogP contribution >= 0.6 is 0 Å². The fourth-order valence-corrected chi connectivity index (χ4v) is 1.66. The second kappa shape index (κ2) is 5.96. The molecule has 1 heterocycles. The van der Waals surface area contributed by atoms with Crippen LogP contribution in [0, 0.1) is 5.92 Å². The van der Waals surface area contributed by atoms with Crippen molar-refractivity contribution >= 4 is 0 Å². The average Bonchev–Trinajstić information content (AvgIpc) is 2.58. The number of aryl methyl sites for hydroxylation is 2. The van der Waals surface area contributed by atoms with E-state index < -0.39 is 0 Å². The Morgan fingerprint density at radius 3 is 2.60 bits per heavy atom. The van der Waals surface area contributed by atoms with Crippen LogP contribution in [-0.2, 0) is 13.5 Å². The molecule has 0 aliphatic heterocycles. The standard InChI is InChI=1S/C13H24N2/c1-11(2)10-14-12(3)7-8-13-6-5-9-15(13)4/h5-6,9,11-12,14H,7-8,10H2,1-4H3. The second-order valence-electron chi connectivity index (χ2n) is 4.85. The van der Waals surface area contributed by atoms with Crippen molar-refractivity contribution in [3.63, 3.8) is 0 Å². The predicted octanol–water partition coefficient (Wildman–Crippen LogP) is 2.59. The zero-order chi connectivity index (χ0) is 11.3. The summed E-state index contributed by atoms with van der Waals surface area (Å²) in [4.78, 5) is 0. The first-order chi connectivity index (χ1) is 7.09. The van der Waals surface area contributed by atoms with E-state index in [1.165, 1.54) is 12.1 Å². The van der Waals surface area contributed by atoms with Gasteiger partial charge in [0.2, 0.25) is 0 Å². The largest absolute Gasteiger partial charge is 0.354 e. The highest BCUT2D eigenvalue weighted by molar-refractivity contribution is 5.06. The van der Waals surface area contributed by atoms with Crippen molar-refractivity contribution in [3.05, 3.63) is 24.0 Å².